The molecular weight excluding hydrogens is 251 g/mol. The maximum Gasteiger partial charge on any atom is 0.243 e. The molecule has 1 unspecified atom stereocenters. The lowest BCUT2D eigenvalue weighted by Crippen LogP contribution is -2.39. The van der Waals surface area contributed by atoms with Crippen molar-refractivity contribution < 1.29 is 18.7 Å². The minimum absolute atomic E-state index is 0.0848. The Morgan fingerprint density at radius 2 is 2.16 bits per heavy atom. The molecule has 0 radical (unpaired) electrons. The Morgan fingerprint density at radius 3 is 2.74 bits per heavy atom. The third kappa shape index (κ3) is 4.84. The predicted molar refractivity (Wildman–Crippen MR) is 70.6 cm³/mol. The number of rotatable bonds is 6. The molecule has 0 aliphatic heterocycles. The van der Waals surface area contributed by atoms with Crippen molar-refractivity contribution in [1.82, 2.24) is 0 Å². The summed E-state index contributed by atoms with van der Waals surface area (Å²) in [6.07, 6.45) is -0.0891. The normalized spacial score (nSPS) is 12.3. The van der Waals surface area contributed by atoms with E-state index in [4.69, 9.17) is 15.2 Å². The van der Waals surface area contributed by atoms with Crippen molar-refractivity contribution in [1.29, 1.82) is 0 Å². The van der Waals surface area contributed by atoms with Crippen LogP contribution in [-0.2, 0) is 9.53 Å². The lowest BCUT2D eigenvalue weighted by Gasteiger charge is -2.16. The first-order chi connectivity index (χ1) is 8.93. The van der Waals surface area contributed by atoms with E-state index in [0.717, 1.165) is 0 Å². The van der Waals surface area contributed by atoms with E-state index in [2.05, 4.69) is 5.32 Å². The quantitative estimate of drug-likeness (QED) is 0.822. The van der Waals surface area contributed by atoms with E-state index in [0.29, 0.717) is 5.75 Å². The molecule has 0 bridgehead atoms. The summed E-state index contributed by atoms with van der Waals surface area (Å²) >= 11 is 0. The second-order valence-corrected chi connectivity index (χ2v) is 4.36. The molecule has 5 nitrogen and oxygen atoms in total. The molecule has 1 aromatic carbocycles. The molecule has 6 heteroatoms. The summed E-state index contributed by atoms with van der Waals surface area (Å²) in [6, 6.07) is 3.10. The van der Waals surface area contributed by atoms with Gasteiger partial charge in [0.25, 0.3) is 0 Å². The number of amides is 1. The van der Waals surface area contributed by atoms with Gasteiger partial charge in [0.05, 0.1) is 18.4 Å². The zero-order valence-corrected chi connectivity index (χ0v) is 11.3. The van der Waals surface area contributed by atoms with Crippen molar-refractivity contribution in [3.05, 3.63) is 24.0 Å². The molecule has 3 N–H and O–H groups in total. The Hall–Kier alpha value is -1.66. The molecule has 1 rings (SSSR count). The van der Waals surface area contributed by atoms with Crippen molar-refractivity contribution in [2.45, 2.75) is 26.0 Å². The molecule has 0 fully saturated rings. The van der Waals surface area contributed by atoms with Crippen molar-refractivity contribution in [3.8, 4) is 5.75 Å². The number of nitrogens with two attached hydrogens (primary N) is 1. The smallest absolute Gasteiger partial charge is 0.243 e. The molecule has 0 aromatic heterocycles. The van der Waals surface area contributed by atoms with Gasteiger partial charge in [-0.25, -0.2) is 4.39 Å². The van der Waals surface area contributed by atoms with Crippen molar-refractivity contribution in [2.75, 3.05) is 19.0 Å². The Kier molecular flexibility index (Phi) is 5.72. The van der Waals surface area contributed by atoms with E-state index in [1.165, 1.54) is 25.3 Å². The van der Waals surface area contributed by atoms with E-state index in [1.54, 1.807) is 0 Å². The summed E-state index contributed by atoms with van der Waals surface area (Å²) in [7, 11) is 1.45. The summed E-state index contributed by atoms with van der Waals surface area (Å²) < 4.78 is 23.5. The monoisotopic (exact) mass is 270 g/mol. The molecule has 1 atom stereocenters. The zero-order valence-electron chi connectivity index (χ0n) is 11.3. The summed E-state index contributed by atoms with van der Waals surface area (Å²) in [5.74, 6) is -0.526. The van der Waals surface area contributed by atoms with Gasteiger partial charge >= 0.3 is 0 Å². The number of nitrogens with one attached hydrogen (secondary N) is 1. The number of hydrogen-bond donors (Lipinski definition) is 2. The topological polar surface area (TPSA) is 73.6 Å². The van der Waals surface area contributed by atoms with Gasteiger partial charge < -0.3 is 20.5 Å². The van der Waals surface area contributed by atoms with Gasteiger partial charge in [-0.05, 0) is 26.0 Å². The van der Waals surface area contributed by atoms with Gasteiger partial charge in [0, 0.05) is 13.2 Å². The van der Waals surface area contributed by atoms with Crippen LogP contribution in [0.25, 0.3) is 0 Å². The van der Waals surface area contributed by atoms with Crippen molar-refractivity contribution in [3.63, 3.8) is 0 Å². The average molecular weight is 270 g/mol. The maximum atomic E-state index is 13.2. The highest BCUT2D eigenvalue weighted by Crippen LogP contribution is 2.26. The van der Waals surface area contributed by atoms with Crippen molar-refractivity contribution >= 4 is 11.6 Å². The van der Waals surface area contributed by atoms with Crippen LogP contribution in [0, 0.1) is 5.82 Å². The van der Waals surface area contributed by atoms with Crippen LogP contribution in [0.15, 0.2) is 18.2 Å². The average Bonchev–Trinajstić information content (AvgIpc) is 2.32. The van der Waals surface area contributed by atoms with Crippen molar-refractivity contribution in [2.24, 2.45) is 5.73 Å². The number of halogens is 1. The first-order valence-corrected chi connectivity index (χ1v) is 5.95. The second-order valence-electron chi connectivity index (χ2n) is 4.36. The Balaban J connectivity index is 2.86. The van der Waals surface area contributed by atoms with Gasteiger partial charge in [-0.2, -0.15) is 0 Å². The lowest BCUT2D eigenvalue weighted by molar-refractivity contribution is -0.118. The van der Waals surface area contributed by atoms with E-state index >= 15 is 0 Å². The number of anilines is 1. The number of hydrogen-bond acceptors (Lipinski definition) is 4. The predicted octanol–water partition coefficient (Wildman–Crippen LogP) is 1.53. The molecule has 0 saturated heterocycles. The van der Waals surface area contributed by atoms with E-state index in [9.17, 15) is 9.18 Å². The molecule has 106 valence electrons. The number of benzene rings is 1. The highest BCUT2D eigenvalue weighted by molar-refractivity contribution is 5.96. The van der Waals surface area contributed by atoms with Gasteiger partial charge in [-0.15, -0.1) is 0 Å². The van der Waals surface area contributed by atoms with E-state index < -0.39 is 17.8 Å². The zero-order chi connectivity index (χ0) is 14.4. The first kappa shape index (κ1) is 15.4. The number of methoxy groups -OCH3 is 1. The summed E-state index contributed by atoms with van der Waals surface area (Å²) in [4.78, 5) is 11.8. The molecule has 0 heterocycles. The Bertz CT molecular complexity index is 438. The Morgan fingerprint density at radius 1 is 1.47 bits per heavy atom. The van der Waals surface area contributed by atoms with Gasteiger partial charge in [0.2, 0.25) is 5.91 Å². The largest absolute Gasteiger partial charge is 0.489 e. The van der Waals surface area contributed by atoms with Gasteiger partial charge in [-0.3, -0.25) is 4.79 Å². The first-order valence-electron chi connectivity index (χ1n) is 5.95. The number of ether oxygens (including phenoxy) is 2. The van der Waals surface area contributed by atoms with Crippen LogP contribution in [0.1, 0.15) is 13.8 Å². The Labute approximate surface area is 111 Å². The van der Waals surface area contributed by atoms with Crippen LogP contribution in [0.2, 0.25) is 0 Å². The fraction of sp³-hybridized carbons (Fsp3) is 0.462. The summed E-state index contributed by atoms with van der Waals surface area (Å²) in [5.41, 5.74) is 5.85. The van der Waals surface area contributed by atoms with Gasteiger partial charge in [0.15, 0.2) is 0 Å². The molecule has 0 aliphatic rings. The van der Waals surface area contributed by atoms with Crippen LogP contribution < -0.4 is 15.8 Å². The lowest BCUT2D eigenvalue weighted by atomic mass is 10.2. The second kappa shape index (κ2) is 7.06. The van der Waals surface area contributed by atoms with Crippen LogP contribution in [-0.4, -0.2) is 31.8 Å². The third-order valence-corrected chi connectivity index (χ3v) is 2.25. The molecule has 0 aliphatic carbocycles. The third-order valence-electron chi connectivity index (χ3n) is 2.25. The highest BCUT2D eigenvalue weighted by Gasteiger charge is 2.16. The van der Waals surface area contributed by atoms with Gasteiger partial charge in [-0.1, -0.05) is 0 Å². The van der Waals surface area contributed by atoms with Crippen LogP contribution in [0.3, 0.4) is 0 Å². The SMILES string of the molecule is COCC(N)C(=O)Nc1cc(F)ccc1OC(C)C. The maximum absolute atomic E-state index is 13.2. The van der Waals surface area contributed by atoms with E-state index in [1.807, 2.05) is 13.8 Å². The fourth-order valence-corrected chi connectivity index (χ4v) is 1.44. The molecule has 1 aromatic rings. The minimum Gasteiger partial charge on any atom is -0.489 e. The van der Waals surface area contributed by atoms with Gasteiger partial charge in [0.1, 0.15) is 17.6 Å². The summed E-state index contributed by atoms with van der Waals surface area (Å²) in [6.45, 7) is 3.76. The number of carbonyl (C=O) groups excluding carboxylic acids is 1. The highest BCUT2D eigenvalue weighted by atomic mass is 19.1. The molecule has 0 spiro atoms. The number of carbonyl (C=O) groups is 1. The minimum atomic E-state index is -0.819. The standard InChI is InChI=1S/C13H19FN2O3/c1-8(2)19-12-5-4-9(14)6-11(12)16-13(17)10(15)7-18-3/h4-6,8,10H,7,15H2,1-3H3,(H,16,17). The molecular formula is C13H19FN2O3. The van der Waals surface area contributed by atoms with Crippen LogP contribution >= 0.6 is 0 Å². The molecule has 0 saturated carbocycles. The van der Waals surface area contributed by atoms with Crippen LogP contribution in [0.5, 0.6) is 5.75 Å². The van der Waals surface area contributed by atoms with Crippen LogP contribution in [0.4, 0.5) is 10.1 Å². The summed E-state index contributed by atoms with van der Waals surface area (Å²) in [5, 5.41) is 2.53. The fourth-order valence-electron chi connectivity index (χ4n) is 1.44. The molecule has 1 amide bonds. The molecule has 19 heavy (non-hydrogen) atoms. The van der Waals surface area contributed by atoms with E-state index in [-0.39, 0.29) is 18.4 Å².